The molecule has 0 bridgehead atoms. The first kappa shape index (κ1) is 10.2. The molecule has 0 radical (unpaired) electrons. The summed E-state index contributed by atoms with van der Waals surface area (Å²) in [6.45, 7) is 5.51. The Labute approximate surface area is 82.6 Å². The molecule has 1 amide bonds. The van der Waals surface area contributed by atoms with Gasteiger partial charge in [0.1, 0.15) is 6.61 Å². The van der Waals surface area contributed by atoms with E-state index < -0.39 is 6.09 Å². The summed E-state index contributed by atoms with van der Waals surface area (Å²) in [5.74, 6) is 0. The van der Waals surface area contributed by atoms with Gasteiger partial charge in [0.15, 0.2) is 0 Å². The Morgan fingerprint density at radius 3 is 3.07 bits per heavy atom. The number of nitrogens with zero attached hydrogens (tertiary/aromatic N) is 1. The monoisotopic (exact) mass is 192 g/mol. The van der Waals surface area contributed by atoms with E-state index in [0.717, 1.165) is 5.69 Å². The quantitative estimate of drug-likeness (QED) is 0.746. The molecule has 1 aromatic heterocycles. The van der Waals surface area contributed by atoms with Crippen molar-refractivity contribution < 1.29 is 9.53 Å². The molecule has 0 aliphatic rings. The van der Waals surface area contributed by atoms with Crippen molar-refractivity contribution in [3.63, 3.8) is 0 Å². The van der Waals surface area contributed by atoms with Gasteiger partial charge in [0.25, 0.3) is 0 Å². The molecule has 0 saturated carbocycles. The molecule has 14 heavy (non-hydrogen) atoms. The Kier molecular flexibility index (Phi) is 3.67. The molecular formula is C10H12N2O2. The Balaban J connectivity index is 2.47. The van der Waals surface area contributed by atoms with E-state index in [-0.39, 0.29) is 6.61 Å². The number of rotatable bonds is 3. The molecule has 0 unspecified atom stereocenters. The number of nitrogens with one attached hydrogen (secondary N) is 1. The van der Waals surface area contributed by atoms with Gasteiger partial charge in [-0.05, 0) is 19.1 Å². The first-order valence-corrected chi connectivity index (χ1v) is 4.19. The predicted molar refractivity (Wildman–Crippen MR) is 54.1 cm³/mol. The smallest absolute Gasteiger partial charge is 0.411 e. The van der Waals surface area contributed by atoms with Crippen LogP contribution >= 0.6 is 0 Å². The fraction of sp³-hybridized carbons (Fsp3) is 0.200. The Morgan fingerprint density at radius 2 is 2.50 bits per heavy atom. The fourth-order valence-electron chi connectivity index (χ4n) is 0.830. The number of hydrogen-bond donors (Lipinski definition) is 1. The van der Waals surface area contributed by atoms with Gasteiger partial charge >= 0.3 is 6.09 Å². The van der Waals surface area contributed by atoms with Gasteiger partial charge in [0.2, 0.25) is 0 Å². The summed E-state index contributed by atoms with van der Waals surface area (Å²) in [4.78, 5) is 15.1. The van der Waals surface area contributed by atoms with Crippen LogP contribution in [0.5, 0.6) is 0 Å². The van der Waals surface area contributed by atoms with Crippen LogP contribution in [-0.4, -0.2) is 17.7 Å². The van der Waals surface area contributed by atoms with Crippen molar-refractivity contribution in [3.05, 3.63) is 36.7 Å². The minimum absolute atomic E-state index is 0.200. The molecular weight excluding hydrogens is 180 g/mol. The second-order valence-electron chi connectivity index (χ2n) is 2.70. The highest BCUT2D eigenvalue weighted by atomic mass is 16.5. The third-order valence-corrected chi connectivity index (χ3v) is 1.49. The summed E-state index contributed by atoms with van der Waals surface area (Å²) in [5.41, 5.74) is 1.51. The molecule has 4 heteroatoms. The van der Waals surface area contributed by atoms with Crippen molar-refractivity contribution in [2.75, 3.05) is 11.9 Å². The number of amides is 1. The van der Waals surface area contributed by atoms with Crippen molar-refractivity contribution in [1.82, 2.24) is 4.98 Å². The molecule has 0 spiro atoms. The first-order chi connectivity index (χ1) is 6.72. The highest BCUT2D eigenvalue weighted by Gasteiger charge is 2.00. The number of carbonyl (C=O) groups is 1. The molecule has 4 nitrogen and oxygen atoms in total. The molecule has 1 rings (SSSR count). The molecule has 74 valence electrons. The van der Waals surface area contributed by atoms with E-state index in [9.17, 15) is 4.79 Å². The lowest BCUT2D eigenvalue weighted by atomic mass is 10.3. The number of aromatic nitrogens is 1. The van der Waals surface area contributed by atoms with Gasteiger partial charge in [-0.1, -0.05) is 12.7 Å². The summed E-state index contributed by atoms with van der Waals surface area (Å²) >= 11 is 0. The highest BCUT2D eigenvalue weighted by molar-refractivity contribution is 5.84. The minimum atomic E-state index is -0.504. The van der Waals surface area contributed by atoms with E-state index in [0.29, 0.717) is 5.69 Å². The van der Waals surface area contributed by atoms with Crippen LogP contribution in [0.4, 0.5) is 10.5 Å². The van der Waals surface area contributed by atoms with Crippen LogP contribution in [-0.2, 0) is 4.74 Å². The lowest BCUT2D eigenvalue weighted by molar-refractivity contribution is 0.174. The molecule has 0 aliphatic heterocycles. The van der Waals surface area contributed by atoms with Gasteiger partial charge in [-0.15, -0.1) is 0 Å². The number of ether oxygens (including phenoxy) is 1. The Bertz CT molecular complexity index is 319. The molecule has 1 aromatic rings. The average molecular weight is 192 g/mol. The van der Waals surface area contributed by atoms with E-state index in [1.54, 1.807) is 12.3 Å². The van der Waals surface area contributed by atoms with E-state index in [1.165, 1.54) is 6.08 Å². The zero-order valence-corrected chi connectivity index (χ0v) is 7.99. The summed E-state index contributed by atoms with van der Waals surface area (Å²) in [5, 5.41) is 2.53. The predicted octanol–water partition coefficient (Wildman–Crippen LogP) is 2.12. The highest BCUT2D eigenvalue weighted by Crippen LogP contribution is 2.05. The van der Waals surface area contributed by atoms with Crippen LogP contribution in [0.3, 0.4) is 0 Å². The molecule has 0 saturated heterocycles. The van der Waals surface area contributed by atoms with Crippen LogP contribution in [0.2, 0.25) is 0 Å². The summed E-state index contributed by atoms with van der Waals surface area (Å²) < 4.78 is 4.73. The summed E-state index contributed by atoms with van der Waals surface area (Å²) in [6.07, 6.45) is 2.58. The number of pyridine rings is 1. The number of anilines is 1. The van der Waals surface area contributed by atoms with Crippen molar-refractivity contribution in [2.24, 2.45) is 0 Å². The van der Waals surface area contributed by atoms with Gasteiger partial charge in [-0.2, -0.15) is 0 Å². The van der Waals surface area contributed by atoms with E-state index in [1.807, 2.05) is 13.0 Å². The van der Waals surface area contributed by atoms with Crippen molar-refractivity contribution in [2.45, 2.75) is 6.92 Å². The molecule has 0 aliphatic carbocycles. The lowest BCUT2D eigenvalue weighted by Crippen LogP contribution is -2.13. The van der Waals surface area contributed by atoms with E-state index >= 15 is 0 Å². The van der Waals surface area contributed by atoms with Crippen LogP contribution in [0.25, 0.3) is 0 Å². The van der Waals surface area contributed by atoms with Gasteiger partial charge in [0.05, 0.1) is 11.9 Å². The SMILES string of the molecule is C=CCOC(=O)Nc1ccc(C)nc1. The van der Waals surface area contributed by atoms with Crippen molar-refractivity contribution in [1.29, 1.82) is 0 Å². The zero-order valence-electron chi connectivity index (χ0n) is 7.99. The van der Waals surface area contributed by atoms with E-state index in [4.69, 9.17) is 4.74 Å². The van der Waals surface area contributed by atoms with E-state index in [2.05, 4.69) is 16.9 Å². The van der Waals surface area contributed by atoms with Crippen LogP contribution in [0.1, 0.15) is 5.69 Å². The second-order valence-corrected chi connectivity index (χ2v) is 2.70. The van der Waals surface area contributed by atoms with Crippen LogP contribution in [0, 0.1) is 6.92 Å². The van der Waals surface area contributed by atoms with Crippen molar-refractivity contribution >= 4 is 11.8 Å². The van der Waals surface area contributed by atoms with Gasteiger partial charge in [-0.3, -0.25) is 10.3 Å². The largest absolute Gasteiger partial charge is 0.445 e. The summed E-state index contributed by atoms with van der Waals surface area (Å²) in [6, 6.07) is 3.57. The minimum Gasteiger partial charge on any atom is -0.445 e. The molecule has 0 aromatic carbocycles. The average Bonchev–Trinajstić information content (AvgIpc) is 2.18. The number of aryl methyl sites for hydroxylation is 1. The summed E-state index contributed by atoms with van der Waals surface area (Å²) in [7, 11) is 0. The molecule has 0 atom stereocenters. The molecule has 1 N–H and O–H groups in total. The lowest BCUT2D eigenvalue weighted by Gasteiger charge is -2.04. The van der Waals surface area contributed by atoms with Crippen LogP contribution in [0.15, 0.2) is 31.0 Å². The van der Waals surface area contributed by atoms with Crippen molar-refractivity contribution in [3.8, 4) is 0 Å². The Morgan fingerprint density at radius 1 is 1.71 bits per heavy atom. The zero-order chi connectivity index (χ0) is 10.4. The van der Waals surface area contributed by atoms with Gasteiger partial charge in [-0.25, -0.2) is 4.79 Å². The topological polar surface area (TPSA) is 51.2 Å². The molecule has 1 heterocycles. The normalized spacial score (nSPS) is 9.21. The number of carbonyl (C=O) groups excluding carboxylic acids is 1. The second kappa shape index (κ2) is 5.01. The third kappa shape index (κ3) is 3.26. The fourth-order valence-corrected chi connectivity index (χ4v) is 0.830. The number of hydrogen-bond acceptors (Lipinski definition) is 3. The maximum absolute atomic E-state index is 11.0. The molecule has 0 fully saturated rings. The van der Waals surface area contributed by atoms with Gasteiger partial charge in [0, 0.05) is 5.69 Å². The first-order valence-electron chi connectivity index (χ1n) is 4.19. The van der Waals surface area contributed by atoms with Crippen LogP contribution < -0.4 is 5.32 Å². The van der Waals surface area contributed by atoms with Gasteiger partial charge < -0.3 is 4.74 Å². The standard InChI is InChI=1S/C10H12N2O2/c1-3-6-14-10(13)12-9-5-4-8(2)11-7-9/h3-5,7H,1,6H2,2H3,(H,12,13). The maximum Gasteiger partial charge on any atom is 0.411 e. The third-order valence-electron chi connectivity index (χ3n) is 1.49. The Hall–Kier alpha value is -1.84. The maximum atomic E-state index is 11.0.